The molecule has 150 valence electrons. The Labute approximate surface area is 176 Å². The average Bonchev–Trinajstić information content (AvgIpc) is 3.24. The van der Waals surface area contributed by atoms with E-state index >= 15 is 0 Å². The number of anilines is 2. The Bertz CT molecular complexity index is 1300. The largest absolute Gasteiger partial charge is 0.326 e. The van der Waals surface area contributed by atoms with Crippen molar-refractivity contribution >= 4 is 45.3 Å². The van der Waals surface area contributed by atoms with E-state index in [0.29, 0.717) is 22.5 Å². The lowest BCUT2D eigenvalue weighted by atomic mass is 10.1. The minimum absolute atomic E-state index is 0.202. The van der Waals surface area contributed by atoms with E-state index < -0.39 is 5.91 Å². The lowest BCUT2D eigenvalue weighted by Gasteiger charge is -2.11. The van der Waals surface area contributed by atoms with E-state index in [1.54, 1.807) is 36.4 Å². The molecule has 0 bridgehead atoms. The SMILES string of the molecule is CC(=O)Nc1cccc(NC(=O)Cn2nc(-c3cccs3)c3ccccc3c2=O)c1. The third-order valence-corrected chi connectivity index (χ3v) is 5.26. The van der Waals surface area contributed by atoms with Crippen LogP contribution in [0, 0.1) is 0 Å². The summed E-state index contributed by atoms with van der Waals surface area (Å²) >= 11 is 1.52. The molecular weight excluding hydrogens is 400 g/mol. The highest BCUT2D eigenvalue weighted by atomic mass is 32.1. The zero-order chi connectivity index (χ0) is 21.1. The highest BCUT2D eigenvalue weighted by Crippen LogP contribution is 2.28. The maximum absolute atomic E-state index is 12.9. The summed E-state index contributed by atoms with van der Waals surface area (Å²) in [4.78, 5) is 37.6. The van der Waals surface area contributed by atoms with Gasteiger partial charge in [-0.15, -0.1) is 11.3 Å². The van der Waals surface area contributed by atoms with Crippen molar-refractivity contribution in [2.45, 2.75) is 13.5 Å². The summed E-state index contributed by atoms with van der Waals surface area (Å²) < 4.78 is 1.18. The second-order valence-corrected chi connectivity index (χ2v) is 7.59. The predicted molar refractivity (Wildman–Crippen MR) is 119 cm³/mol. The topological polar surface area (TPSA) is 93.1 Å². The zero-order valence-electron chi connectivity index (χ0n) is 16.1. The molecule has 4 rings (SSSR count). The molecule has 8 heteroatoms. The normalized spacial score (nSPS) is 10.7. The summed E-state index contributed by atoms with van der Waals surface area (Å²) in [6.07, 6.45) is 0. The Morgan fingerprint density at radius 1 is 0.967 bits per heavy atom. The first-order valence-corrected chi connectivity index (χ1v) is 10.1. The highest BCUT2D eigenvalue weighted by molar-refractivity contribution is 7.13. The lowest BCUT2D eigenvalue weighted by Crippen LogP contribution is -2.30. The molecule has 2 amide bonds. The van der Waals surface area contributed by atoms with Crippen LogP contribution < -0.4 is 16.2 Å². The highest BCUT2D eigenvalue weighted by Gasteiger charge is 2.15. The third-order valence-electron chi connectivity index (χ3n) is 4.38. The zero-order valence-corrected chi connectivity index (χ0v) is 16.9. The number of carbonyl (C=O) groups is 2. The number of thiophene rings is 1. The smallest absolute Gasteiger partial charge is 0.275 e. The minimum atomic E-state index is -0.392. The maximum atomic E-state index is 12.9. The monoisotopic (exact) mass is 418 g/mol. The number of fused-ring (bicyclic) bond motifs is 1. The molecule has 0 spiro atoms. The van der Waals surface area contributed by atoms with E-state index in [2.05, 4.69) is 15.7 Å². The van der Waals surface area contributed by atoms with Gasteiger partial charge in [-0.2, -0.15) is 5.10 Å². The van der Waals surface area contributed by atoms with Crippen LogP contribution in [0.5, 0.6) is 0 Å². The van der Waals surface area contributed by atoms with Crippen LogP contribution in [0.3, 0.4) is 0 Å². The number of carbonyl (C=O) groups excluding carboxylic acids is 2. The van der Waals surface area contributed by atoms with Crippen molar-refractivity contribution < 1.29 is 9.59 Å². The van der Waals surface area contributed by atoms with Crippen molar-refractivity contribution in [1.82, 2.24) is 9.78 Å². The molecule has 0 radical (unpaired) electrons. The van der Waals surface area contributed by atoms with Gasteiger partial charge in [0, 0.05) is 23.7 Å². The first-order chi connectivity index (χ1) is 14.5. The molecule has 0 unspecified atom stereocenters. The van der Waals surface area contributed by atoms with Gasteiger partial charge in [0.2, 0.25) is 11.8 Å². The van der Waals surface area contributed by atoms with E-state index in [9.17, 15) is 14.4 Å². The number of amides is 2. The van der Waals surface area contributed by atoms with Crippen LogP contribution in [0.15, 0.2) is 70.8 Å². The van der Waals surface area contributed by atoms with E-state index in [-0.39, 0.29) is 18.0 Å². The van der Waals surface area contributed by atoms with Crippen molar-refractivity contribution in [2.75, 3.05) is 10.6 Å². The fourth-order valence-corrected chi connectivity index (χ4v) is 3.88. The Kier molecular flexibility index (Phi) is 5.40. The Balaban J connectivity index is 1.64. The quantitative estimate of drug-likeness (QED) is 0.517. The molecule has 0 aliphatic rings. The molecule has 2 aromatic carbocycles. The van der Waals surface area contributed by atoms with Gasteiger partial charge < -0.3 is 10.6 Å². The number of aromatic nitrogens is 2. The second-order valence-electron chi connectivity index (χ2n) is 6.64. The second kappa shape index (κ2) is 8.30. The summed E-state index contributed by atoms with van der Waals surface area (Å²) in [6.45, 7) is 1.18. The van der Waals surface area contributed by atoms with E-state index in [1.807, 2.05) is 29.6 Å². The fraction of sp³-hybridized carbons (Fsp3) is 0.0909. The van der Waals surface area contributed by atoms with Crippen molar-refractivity contribution in [3.05, 3.63) is 76.4 Å². The van der Waals surface area contributed by atoms with Gasteiger partial charge in [0.25, 0.3) is 5.56 Å². The summed E-state index contributed by atoms with van der Waals surface area (Å²) in [6, 6.07) is 17.9. The molecule has 2 heterocycles. The molecule has 4 aromatic rings. The van der Waals surface area contributed by atoms with Crippen molar-refractivity contribution in [1.29, 1.82) is 0 Å². The number of hydrogen-bond donors (Lipinski definition) is 2. The van der Waals surface area contributed by atoms with Gasteiger partial charge in [0.05, 0.1) is 10.3 Å². The van der Waals surface area contributed by atoms with Crippen LogP contribution in [0.25, 0.3) is 21.3 Å². The van der Waals surface area contributed by atoms with Crippen molar-refractivity contribution in [2.24, 2.45) is 0 Å². The van der Waals surface area contributed by atoms with Crippen LogP contribution in [0.2, 0.25) is 0 Å². The number of nitrogens with zero attached hydrogens (tertiary/aromatic N) is 2. The molecule has 0 saturated heterocycles. The van der Waals surface area contributed by atoms with Gasteiger partial charge in [-0.25, -0.2) is 4.68 Å². The van der Waals surface area contributed by atoms with Crippen molar-refractivity contribution in [3.8, 4) is 10.6 Å². The third kappa shape index (κ3) is 4.13. The first kappa shape index (κ1) is 19.5. The summed E-state index contributed by atoms with van der Waals surface area (Å²) in [5, 5.41) is 13.1. The first-order valence-electron chi connectivity index (χ1n) is 9.22. The van der Waals surface area contributed by atoms with Gasteiger partial charge in [0.1, 0.15) is 12.2 Å². The lowest BCUT2D eigenvalue weighted by molar-refractivity contribution is -0.117. The van der Waals surface area contributed by atoms with Crippen molar-refractivity contribution in [3.63, 3.8) is 0 Å². The Hall–Kier alpha value is -3.78. The summed E-state index contributed by atoms with van der Waals surface area (Å²) in [5.74, 6) is -0.594. The van der Waals surface area contributed by atoms with Gasteiger partial charge in [-0.3, -0.25) is 14.4 Å². The van der Waals surface area contributed by atoms with Gasteiger partial charge in [-0.1, -0.05) is 30.3 Å². The maximum Gasteiger partial charge on any atom is 0.275 e. The molecule has 0 fully saturated rings. The van der Waals surface area contributed by atoms with Gasteiger partial charge >= 0.3 is 0 Å². The Morgan fingerprint density at radius 2 is 1.70 bits per heavy atom. The number of nitrogens with one attached hydrogen (secondary N) is 2. The molecule has 2 N–H and O–H groups in total. The molecule has 0 saturated carbocycles. The number of benzene rings is 2. The summed E-state index contributed by atoms with van der Waals surface area (Å²) in [7, 11) is 0. The van der Waals surface area contributed by atoms with Gasteiger partial charge in [0.15, 0.2) is 0 Å². The van der Waals surface area contributed by atoms with E-state index in [4.69, 9.17) is 0 Å². The predicted octanol–water partition coefficient (Wildman–Crippen LogP) is 3.72. The minimum Gasteiger partial charge on any atom is -0.326 e. The van der Waals surface area contributed by atoms with Crippen LogP contribution in [0.1, 0.15) is 6.92 Å². The molecule has 30 heavy (non-hydrogen) atoms. The fourth-order valence-electron chi connectivity index (χ4n) is 3.15. The van der Waals surface area contributed by atoms with Crippen LogP contribution in [-0.2, 0) is 16.1 Å². The molecule has 0 aliphatic carbocycles. The average molecular weight is 418 g/mol. The van der Waals surface area contributed by atoms with Gasteiger partial charge in [-0.05, 0) is 35.7 Å². The number of rotatable bonds is 5. The Morgan fingerprint density at radius 3 is 2.40 bits per heavy atom. The molecule has 0 atom stereocenters. The number of hydrogen-bond acceptors (Lipinski definition) is 5. The molecule has 0 aliphatic heterocycles. The molecule has 7 nitrogen and oxygen atoms in total. The van der Waals surface area contributed by atoms with Crippen LogP contribution >= 0.6 is 11.3 Å². The van der Waals surface area contributed by atoms with Crippen LogP contribution in [-0.4, -0.2) is 21.6 Å². The standard InChI is InChI=1S/C22H18N4O3S/c1-14(27)23-15-6-4-7-16(12-15)24-20(28)13-26-22(29)18-9-3-2-8-17(18)21(25-26)19-10-5-11-30-19/h2-12H,13H2,1H3,(H,23,27)(H,24,28). The van der Waals surface area contributed by atoms with E-state index in [1.165, 1.54) is 22.9 Å². The summed E-state index contributed by atoms with van der Waals surface area (Å²) in [5.41, 5.74) is 1.42. The molecule has 2 aromatic heterocycles. The van der Waals surface area contributed by atoms with E-state index in [0.717, 1.165) is 10.3 Å². The molecular formula is C22H18N4O3S. The van der Waals surface area contributed by atoms with Crippen LogP contribution in [0.4, 0.5) is 11.4 Å².